The van der Waals surface area contributed by atoms with Crippen molar-refractivity contribution in [3.05, 3.63) is 71.0 Å². The molecule has 4 unspecified atom stereocenters. The lowest BCUT2D eigenvalue weighted by Gasteiger charge is -2.43. The van der Waals surface area contributed by atoms with Gasteiger partial charge in [0.05, 0.1) is 37.9 Å². The molecule has 246 valence electrons. The number of hydrogen-bond donors (Lipinski definition) is 2. The molecule has 2 amide bonds. The maximum Gasteiger partial charge on any atom is 0.379 e. The van der Waals surface area contributed by atoms with Crippen LogP contribution in [-0.4, -0.2) is 68.4 Å². The third kappa shape index (κ3) is 9.23. The fourth-order valence-corrected chi connectivity index (χ4v) is 5.60. The fourth-order valence-electron chi connectivity index (χ4n) is 5.60. The van der Waals surface area contributed by atoms with E-state index in [1.165, 1.54) is 0 Å². The highest BCUT2D eigenvalue weighted by Crippen LogP contribution is 2.35. The molecule has 1 fully saturated rings. The first kappa shape index (κ1) is 35.4. The smallest absolute Gasteiger partial charge is 0.379 e. The highest BCUT2D eigenvalue weighted by Gasteiger charge is 2.42. The second-order valence-corrected chi connectivity index (χ2v) is 10.7. The number of halogens is 3. The Kier molecular flexibility index (Phi) is 13.3. The molecule has 0 aliphatic carbocycles. The van der Waals surface area contributed by atoms with Crippen molar-refractivity contribution in [1.82, 2.24) is 10.2 Å². The summed E-state index contributed by atoms with van der Waals surface area (Å²) in [7, 11) is 1.61. The summed E-state index contributed by atoms with van der Waals surface area (Å²) in [4.78, 5) is 32.8. The van der Waals surface area contributed by atoms with Crippen LogP contribution in [0.5, 0.6) is 5.75 Å². The van der Waals surface area contributed by atoms with Gasteiger partial charge in [-0.05, 0) is 43.5 Å². The van der Waals surface area contributed by atoms with E-state index in [0.29, 0.717) is 49.6 Å². The van der Waals surface area contributed by atoms with Gasteiger partial charge in [0.15, 0.2) is 5.96 Å². The number of carbonyl (C=O) groups excluding carboxylic acids is 2. The topological polar surface area (TPSA) is 115 Å². The van der Waals surface area contributed by atoms with Gasteiger partial charge in [0.1, 0.15) is 11.5 Å². The van der Waals surface area contributed by atoms with Gasteiger partial charge < -0.3 is 25.3 Å². The van der Waals surface area contributed by atoms with Gasteiger partial charge in [-0.1, -0.05) is 44.7 Å². The summed E-state index contributed by atoms with van der Waals surface area (Å²) in [5.41, 5.74) is 9.50. The molecule has 1 aromatic carbocycles. The Morgan fingerprint density at radius 3 is 2.60 bits per heavy atom. The van der Waals surface area contributed by atoms with Gasteiger partial charge in [-0.25, -0.2) is 4.99 Å². The van der Waals surface area contributed by atoms with Crippen LogP contribution in [0, 0.1) is 5.92 Å². The van der Waals surface area contributed by atoms with Crippen LogP contribution in [0.25, 0.3) is 6.08 Å². The van der Waals surface area contributed by atoms with Crippen LogP contribution in [0.1, 0.15) is 63.6 Å². The molecule has 5 aliphatic rings. The summed E-state index contributed by atoms with van der Waals surface area (Å²) in [5, 5.41) is 3.16. The summed E-state index contributed by atoms with van der Waals surface area (Å²) in [6, 6.07) is 5.22. The van der Waals surface area contributed by atoms with Crippen LogP contribution in [0.3, 0.4) is 0 Å². The van der Waals surface area contributed by atoms with E-state index in [1.807, 2.05) is 26.0 Å². The Balaban J connectivity index is 0.000000853. The Bertz CT molecular complexity index is 1340. The van der Waals surface area contributed by atoms with Crippen molar-refractivity contribution in [2.24, 2.45) is 16.6 Å². The lowest BCUT2D eigenvalue weighted by Crippen LogP contribution is -2.57. The third-order valence-electron chi connectivity index (χ3n) is 7.67. The number of carbonyl (C=O) groups is 2. The number of nitrogens with one attached hydrogen (secondary N) is 1. The minimum atomic E-state index is -3.67. The van der Waals surface area contributed by atoms with Crippen molar-refractivity contribution >= 4 is 23.8 Å². The van der Waals surface area contributed by atoms with Gasteiger partial charge in [-0.2, -0.15) is 13.2 Å². The van der Waals surface area contributed by atoms with Gasteiger partial charge in [-0.3, -0.25) is 14.5 Å². The van der Waals surface area contributed by atoms with E-state index in [2.05, 4.69) is 30.1 Å². The molecule has 4 atom stereocenters. The molecule has 45 heavy (non-hydrogen) atoms. The van der Waals surface area contributed by atoms with E-state index >= 15 is 0 Å². The van der Waals surface area contributed by atoms with Gasteiger partial charge in [0.25, 0.3) is 0 Å². The van der Waals surface area contributed by atoms with Gasteiger partial charge in [0.2, 0.25) is 11.8 Å². The Hall–Kier alpha value is -4.06. The number of hydrogen-bond acceptors (Lipinski definition) is 7. The summed E-state index contributed by atoms with van der Waals surface area (Å²) in [6.07, 6.45) is 9.99. The summed E-state index contributed by atoms with van der Waals surface area (Å²) in [5.74, 6) is 1.04. The first-order valence-corrected chi connectivity index (χ1v) is 15.1. The fraction of sp³-hybridized carbons (Fsp3) is 0.485. The molecule has 0 spiro atoms. The zero-order valence-corrected chi connectivity index (χ0v) is 26.2. The number of nitrogens with two attached hydrogens (primary N) is 1. The van der Waals surface area contributed by atoms with E-state index in [9.17, 15) is 22.8 Å². The number of alkyl halides is 3. The zero-order chi connectivity index (χ0) is 33.1. The van der Waals surface area contributed by atoms with Gasteiger partial charge in [-0.15, -0.1) is 0 Å². The van der Waals surface area contributed by atoms with Crippen LogP contribution in [0.4, 0.5) is 13.2 Å². The van der Waals surface area contributed by atoms with E-state index in [0.717, 1.165) is 23.3 Å². The number of allylic oxidation sites excluding steroid dienone is 3. The number of methoxy groups -OCH3 is 1. The molecule has 12 heteroatoms. The summed E-state index contributed by atoms with van der Waals surface area (Å²) in [6.45, 7) is 7.58. The molecule has 1 saturated heterocycles. The van der Waals surface area contributed by atoms with E-state index in [1.54, 1.807) is 31.1 Å². The van der Waals surface area contributed by atoms with Crippen LogP contribution in [0.15, 0.2) is 64.9 Å². The molecule has 0 aromatic heterocycles. The normalized spacial score (nSPS) is 27.8. The lowest BCUT2D eigenvalue weighted by molar-refractivity contribution is -0.131. The van der Waals surface area contributed by atoms with Crippen LogP contribution in [0.2, 0.25) is 0 Å². The molecule has 5 aliphatic heterocycles. The summed E-state index contributed by atoms with van der Waals surface area (Å²) < 4.78 is 46.3. The molecule has 6 bridgehead atoms. The van der Waals surface area contributed by atoms with Gasteiger partial charge >= 0.3 is 6.68 Å². The first-order valence-electron chi connectivity index (χ1n) is 15.1. The van der Waals surface area contributed by atoms with Crippen molar-refractivity contribution in [2.75, 3.05) is 26.9 Å². The predicted octanol–water partition coefficient (Wildman–Crippen LogP) is 5.60. The zero-order valence-electron chi connectivity index (χ0n) is 26.2. The number of benzene rings is 1. The van der Waals surface area contributed by atoms with Crippen molar-refractivity contribution in [3.8, 4) is 5.75 Å². The van der Waals surface area contributed by atoms with Crippen molar-refractivity contribution in [1.29, 1.82) is 0 Å². The molecule has 0 radical (unpaired) electrons. The molecular weight excluding hydrogens is 589 g/mol. The number of nitrogens with zero attached hydrogens (tertiary/aromatic N) is 2. The lowest BCUT2D eigenvalue weighted by atomic mass is 9.88. The Morgan fingerprint density at radius 1 is 1.18 bits per heavy atom. The SMILES string of the molecule is C=C1/C2=C\C=C(/C)C(=O)NC3CCOc4ccc(cc43)/C=C\CCC3CC(=O)N(C(N)=N3)C1C(COC)CO2.CC.FC(F)F. The highest BCUT2D eigenvalue weighted by atomic mass is 19.4. The average Bonchev–Trinajstić information content (AvgIpc) is 3.00. The molecule has 9 nitrogen and oxygen atoms in total. The largest absolute Gasteiger partial charge is 0.493 e. The minimum absolute atomic E-state index is 0.0915. The standard InChI is InChI=1S/C30H36N4O5.C2H6.CHF3/c1-18-8-10-25-19(2)28(21(16-37-3)17-39-25)34-27(35)15-22(32-30(34)31)7-5-4-6-20-9-11-26-23(14-20)24(12-13-38-26)33-29(18)36;1-2;2-1(3)4/h4,6,8-11,14,21-22,24,28H,2,5,7,12-13,15-17H2,1,3H3,(H2,31,32)(H,33,36);1-2H3;1H/b6-4-,18-8+,25-10+;;. The number of aliphatic imine (C=N–C) groups is 1. The number of rotatable bonds is 2. The summed E-state index contributed by atoms with van der Waals surface area (Å²) >= 11 is 0. The van der Waals surface area contributed by atoms with Crippen LogP contribution in [-0.2, 0) is 19.1 Å². The molecule has 5 heterocycles. The van der Waals surface area contributed by atoms with Gasteiger partial charge in [0, 0.05) is 42.6 Å². The highest BCUT2D eigenvalue weighted by molar-refractivity contribution is 5.99. The molecule has 1 aromatic rings. The quantitative estimate of drug-likeness (QED) is 0.439. The van der Waals surface area contributed by atoms with E-state index < -0.39 is 12.7 Å². The van der Waals surface area contributed by atoms with E-state index in [4.69, 9.17) is 24.9 Å². The molecule has 0 saturated carbocycles. The second-order valence-electron chi connectivity index (χ2n) is 10.7. The van der Waals surface area contributed by atoms with Crippen LogP contribution >= 0.6 is 0 Å². The first-order chi connectivity index (χ1) is 21.6. The average molecular weight is 633 g/mol. The van der Waals surface area contributed by atoms with E-state index in [-0.39, 0.29) is 42.2 Å². The third-order valence-corrected chi connectivity index (χ3v) is 7.67. The van der Waals surface area contributed by atoms with Crippen molar-refractivity contribution in [3.63, 3.8) is 0 Å². The van der Waals surface area contributed by atoms with Crippen molar-refractivity contribution in [2.45, 2.75) is 71.3 Å². The van der Waals surface area contributed by atoms with Crippen molar-refractivity contribution < 1.29 is 37.0 Å². The molecular formula is C33H43F3N4O5. The number of amides is 2. The Morgan fingerprint density at radius 2 is 1.91 bits per heavy atom. The van der Waals surface area contributed by atoms with Crippen LogP contribution < -0.4 is 15.8 Å². The molecule has 3 N–H and O–H groups in total. The monoisotopic (exact) mass is 632 g/mol. The maximum atomic E-state index is 13.4. The number of ether oxygens (including phenoxy) is 3. The number of fused-ring (bicyclic) bond motifs is 6. The molecule has 6 rings (SSSR count). The predicted molar refractivity (Wildman–Crippen MR) is 167 cm³/mol. The minimum Gasteiger partial charge on any atom is -0.493 e. The maximum absolute atomic E-state index is 13.4. The number of guanidine groups is 1. The second kappa shape index (κ2) is 16.9. The Labute approximate surface area is 262 Å².